The summed E-state index contributed by atoms with van der Waals surface area (Å²) in [5.41, 5.74) is -0.222. The Morgan fingerprint density at radius 3 is 2.79 bits per heavy atom. The predicted octanol–water partition coefficient (Wildman–Crippen LogP) is 2.00. The summed E-state index contributed by atoms with van der Waals surface area (Å²) in [6.45, 7) is 0.223. The lowest BCUT2D eigenvalue weighted by molar-refractivity contribution is -0.122. The van der Waals surface area contributed by atoms with Crippen LogP contribution in [0.1, 0.15) is 20.8 Å². The van der Waals surface area contributed by atoms with Crippen LogP contribution in [-0.2, 0) is 11.3 Å². The normalized spacial score (nSPS) is 20.4. The Morgan fingerprint density at radius 2 is 2.14 bits per heavy atom. The summed E-state index contributed by atoms with van der Waals surface area (Å²) in [5.74, 6) is 5.41. The van der Waals surface area contributed by atoms with Crippen molar-refractivity contribution >= 4 is 40.8 Å². The van der Waals surface area contributed by atoms with Crippen LogP contribution in [0, 0.1) is 11.8 Å². The number of nitrogens with zero attached hydrogens (tertiary/aromatic N) is 1. The van der Waals surface area contributed by atoms with E-state index in [-0.39, 0.29) is 12.5 Å². The van der Waals surface area contributed by atoms with Crippen molar-refractivity contribution in [3.05, 3.63) is 50.7 Å². The molecule has 2 aliphatic heterocycles. The summed E-state index contributed by atoms with van der Waals surface area (Å²) < 4.78 is 5.17. The molecule has 1 fully saturated rings. The van der Waals surface area contributed by atoms with Crippen molar-refractivity contribution in [3.8, 4) is 17.6 Å². The molecule has 2 aliphatic rings. The van der Waals surface area contributed by atoms with E-state index in [9.17, 15) is 14.4 Å². The fourth-order valence-electron chi connectivity index (χ4n) is 3.16. The fourth-order valence-corrected chi connectivity index (χ4v) is 4.11. The van der Waals surface area contributed by atoms with Crippen LogP contribution in [0.3, 0.4) is 0 Å². The number of carbonyl (C=O) groups is 3. The summed E-state index contributed by atoms with van der Waals surface area (Å²) in [4.78, 5) is 39.2. The fraction of sp³-hybridized carbons (Fsp3) is 0.211. The van der Waals surface area contributed by atoms with Crippen molar-refractivity contribution in [3.63, 3.8) is 0 Å². The van der Waals surface area contributed by atoms with Gasteiger partial charge in [-0.15, -0.1) is 11.3 Å². The first-order valence-corrected chi connectivity index (χ1v) is 9.53. The number of rotatable bonds is 3. The van der Waals surface area contributed by atoms with Crippen LogP contribution in [0.15, 0.2) is 29.6 Å². The molecule has 4 rings (SSSR count). The Balaban J connectivity index is 1.65. The highest BCUT2D eigenvalue weighted by Gasteiger charge is 2.48. The number of amides is 4. The maximum atomic E-state index is 12.8. The van der Waals surface area contributed by atoms with Crippen LogP contribution in [0.2, 0.25) is 5.02 Å². The summed E-state index contributed by atoms with van der Waals surface area (Å²) in [5, 5.41) is 7.01. The van der Waals surface area contributed by atoms with Crippen LogP contribution >= 0.6 is 22.9 Å². The van der Waals surface area contributed by atoms with E-state index in [4.69, 9.17) is 16.3 Å². The number of imide groups is 1. The number of hydrogen-bond donors (Lipinski definition) is 2. The average Bonchev–Trinajstić information content (AvgIpc) is 3.30. The van der Waals surface area contributed by atoms with E-state index in [2.05, 4.69) is 22.5 Å². The number of urea groups is 1. The van der Waals surface area contributed by atoms with Crippen molar-refractivity contribution in [1.82, 2.24) is 15.5 Å². The quantitative estimate of drug-likeness (QED) is 0.593. The molecule has 0 bridgehead atoms. The molecule has 4 amide bonds. The highest BCUT2D eigenvalue weighted by Crippen LogP contribution is 2.28. The first-order chi connectivity index (χ1) is 13.4. The zero-order valence-electron chi connectivity index (χ0n) is 14.7. The number of fused-ring (bicyclic) bond motifs is 1. The van der Waals surface area contributed by atoms with E-state index >= 15 is 0 Å². The number of thiophene rings is 1. The van der Waals surface area contributed by atoms with E-state index in [1.807, 2.05) is 6.07 Å². The van der Waals surface area contributed by atoms with Gasteiger partial charge in [0.25, 0.3) is 11.8 Å². The summed E-state index contributed by atoms with van der Waals surface area (Å²) in [7, 11) is 1.53. The first-order valence-electron chi connectivity index (χ1n) is 8.28. The molecule has 2 aromatic rings. The number of carbonyl (C=O) groups excluding carboxylic acids is 3. The van der Waals surface area contributed by atoms with Crippen LogP contribution in [0.4, 0.5) is 4.79 Å². The van der Waals surface area contributed by atoms with Crippen molar-refractivity contribution in [1.29, 1.82) is 0 Å². The van der Waals surface area contributed by atoms with Gasteiger partial charge in [-0.1, -0.05) is 29.5 Å². The number of methoxy groups -OCH3 is 1. The Kier molecular flexibility index (Phi) is 4.49. The molecular weight excluding hydrogens is 402 g/mol. The molecule has 1 aromatic heterocycles. The topological polar surface area (TPSA) is 87.7 Å². The average molecular weight is 416 g/mol. The third-order valence-electron chi connectivity index (χ3n) is 4.57. The number of benzene rings is 1. The lowest BCUT2D eigenvalue weighted by Gasteiger charge is -2.26. The van der Waals surface area contributed by atoms with Crippen molar-refractivity contribution in [2.75, 3.05) is 13.7 Å². The van der Waals surface area contributed by atoms with E-state index in [1.165, 1.54) is 23.3 Å². The molecule has 9 heteroatoms. The lowest BCUT2D eigenvalue weighted by atomic mass is 9.99. The second kappa shape index (κ2) is 6.86. The first kappa shape index (κ1) is 18.3. The zero-order chi connectivity index (χ0) is 19.9. The molecule has 2 N–H and O–H groups in total. The minimum Gasteiger partial charge on any atom is -0.497 e. The highest BCUT2D eigenvalue weighted by molar-refractivity contribution is 7.11. The SMILES string of the molecule is COc1ccc2c(c1)C(=O)N(C[C@@]1(C#Cc3sccc3Cl)NC(=O)NC1=O)C2. The van der Waals surface area contributed by atoms with E-state index in [1.54, 1.807) is 23.6 Å². The Labute approximate surface area is 169 Å². The van der Waals surface area contributed by atoms with Crippen LogP contribution in [-0.4, -0.2) is 41.9 Å². The van der Waals surface area contributed by atoms with Gasteiger partial charge < -0.3 is 15.0 Å². The predicted molar refractivity (Wildman–Crippen MR) is 103 cm³/mol. The van der Waals surface area contributed by atoms with Gasteiger partial charge in [-0.05, 0) is 29.1 Å². The number of nitrogens with one attached hydrogen (secondary N) is 2. The maximum absolute atomic E-state index is 12.8. The van der Waals surface area contributed by atoms with Gasteiger partial charge in [0.15, 0.2) is 0 Å². The van der Waals surface area contributed by atoms with Crippen LogP contribution < -0.4 is 15.4 Å². The molecule has 0 saturated carbocycles. The van der Waals surface area contributed by atoms with E-state index in [0.29, 0.717) is 27.8 Å². The minimum atomic E-state index is -1.55. The van der Waals surface area contributed by atoms with Gasteiger partial charge in [-0.2, -0.15) is 0 Å². The maximum Gasteiger partial charge on any atom is 0.323 e. The zero-order valence-corrected chi connectivity index (χ0v) is 16.2. The molecule has 28 heavy (non-hydrogen) atoms. The number of hydrogen-bond acceptors (Lipinski definition) is 5. The van der Waals surface area contributed by atoms with Crippen molar-refractivity contribution < 1.29 is 19.1 Å². The van der Waals surface area contributed by atoms with Gasteiger partial charge in [0.2, 0.25) is 5.54 Å². The Hall–Kier alpha value is -3.02. The Morgan fingerprint density at radius 1 is 1.32 bits per heavy atom. The summed E-state index contributed by atoms with van der Waals surface area (Å²) in [6, 6.07) is 6.29. The number of ether oxygens (including phenoxy) is 1. The summed E-state index contributed by atoms with van der Waals surface area (Å²) in [6.07, 6.45) is 0. The highest BCUT2D eigenvalue weighted by atomic mass is 35.5. The second-order valence-electron chi connectivity index (χ2n) is 6.35. The second-order valence-corrected chi connectivity index (χ2v) is 7.67. The molecular formula is C19H14ClN3O4S. The van der Waals surface area contributed by atoms with Gasteiger partial charge >= 0.3 is 6.03 Å². The third kappa shape index (κ3) is 3.09. The smallest absolute Gasteiger partial charge is 0.323 e. The molecule has 1 atom stereocenters. The largest absolute Gasteiger partial charge is 0.497 e. The van der Waals surface area contributed by atoms with E-state index in [0.717, 1.165) is 5.56 Å². The molecule has 3 heterocycles. The molecule has 7 nitrogen and oxygen atoms in total. The molecule has 142 valence electrons. The standard InChI is InChI=1S/C19H14ClN3O4S/c1-27-12-3-2-11-9-23(16(24)13(11)8-12)10-19(17(25)21-18(26)22-19)6-4-15-14(20)5-7-28-15/h2-3,5,7-8H,9-10H2,1H3,(H2,21,22,25,26)/t19-/m1/s1. The van der Waals surface area contributed by atoms with Crippen molar-refractivity contribution in [2.24, 2.45) is 0 Å². The lowest BCUT2D eigenvalue weighted by Crippen LogP contribution is -2.54. The summed E-state index contributed by atoms with van der Waals surface area (Å²) >= 11 is 7.39. The molecule has 1 aromatic carbocycles. The number of halogens is 1. The molecule has 0 unspecified atom stereocenters. The monoisotopic (exact) mass is 415 g/mol. The minimum absolute atomic E-state index is 0.0869. The van der Waals surface area contributed by atoms with Gasteiger partial charge in [0, 0.05) is 12.1 Å². The Bertz CT molecular complexity index is 1070. The molecule has 1 saturated heterocycles. The molecule has 0 spiro atoms. The van der Waals surface area contributed by atoms with Gasteiger partial charge in [0.05, 0.1) is 23.6 Å². The van der Waals surface area contributed by atoms with Gasteiger partial charge in [-0.25, -0.2) is 4.79 Å². The van der Waals surface area contributed by atoms with E-state index < -0.39 is 17.5 Å². The van der Waals surface area contributed by atoms with Crippen molar-refractivity contribution in [2.45, 2.75) is 12.1 Å². The van der Waals surface area contributed by atoms with Gasteiger partial charge in [0.1, 0.15) is 5.75 Å². The van der Waals surface area contributed by atoms with Crippen LogP contribution in [0.25, 0.3) is 0 Å². The van der Waals surface area contributed by atoms with Gasteiger partial charge in [-0.3, -0.25) is 14.9 Å². The molecule has 0 aliphatic carbocycles. The third-order valence-corrected chi connectivity index (χ3v) is 5.83. The van der Waals surface area contributed by atoms with Crippen LogP contribution in [0.5, 0.6) is 5.75 Å². The molecule has 0 radical (unpaired) electrons.